The van der Waals surface area contributed by atoms with E-state index in [2.05, 4.69) is 19.6 Å². The summed E-state index contributed by atoms with van der Waals surface area (Å²) in [5.41, 5.74) is 3.88. The van der Waals surface area contributed by atoms with Crippen molar-refractivity contribution in [2.75, 3.05) is 26.4 Å². The molecule has 3 aromatic rings. The Morgan fingerprint density at radius 1 is 0.894 bits per heavy atom. The van der Waals surface area contributed by atoms with Gasteiger partial charge in [0, 0.05) is 49.6 Å². The third kappa shape index (κ3) is 12.8. The third-order valence-corrected chi connectivity index (χ3v) is 13.6. The number of amides is 1. The predicted molar refractivity (Wildman–Crippen MR) is 257 cm³/mol. The van der Waals surface area contributed by atoms with Crippen LogP contribution in [0.1, 0.15) is 150 Å². The van der Waals surface area contributed by atoms with E-state index in [1.807, 2.05) is 36.1 Å². The van der Waals surface area contributed by atoms with Gasteiger partial charge in [-0.15, -0.1) is 6.58 Å². The molecule has 0 unspecified atom stereocenters. The molecule has 1 saturated carbocycles. The van der Waals surface area contributed by atoms with Crippen molar-refractivity contribution in [2.24, 2.45) is 22.9 Å². The number of carbonyl (C=O) groups excluding carboxylic acids is 2. The normalized spacial score (nSPS) is 22.4. The Morgan fingerprint density at radius 2 is 1.61 bits per heavy atom. The van der Waals surface area contributed by atoms with E-state index in [9.17, 15) is 19.4 Å². The van der Waals surface area contributed by atoms with Crippen LogP contribution in [0.4, 0.5) is 4.39 Å². The second-order valence-electron chi connectivity index (χ2n) is 18.2. The number of aldehydes is 1. The molecule has 6 atom stereocenters. The highest BCUT2D eigenvalue weighted by Gasteiger charge is 2.65. The molecule has 2 aliphatic carbocycles. The van der Waals surface area contributed by atoms with E-state index in [1.54, 1.807) is 36.4 Å². The summed E-state index contributed by atoms with van der Waals surface area (Å²) in [4.78, 5) is 34.6. The van der Waals surface area contributed by atoms with E-state index >= 15 is 4.79 Å². The Bertz CT molecular complexity index is 2070. The van der Waals surface area contributed by atoms with E-state index in [1.165, 1.54) is 44.2 Å². The van der Waals surface area contributed by atoms with E-state index in [0.29, 0.717) is 48.7 Å². The fourth-order valence-corrected chi connectivity index (χ4v) is 10.5. The highest BCUT2D eigenvalue weighted by Crippen LogP contribution is 2.62. The van der Waals surface area contributed by atoms with Crippen LogP contribution in [0.15, 0.2) is 96.2 Å². The molecule has 0 aromatic heterocycles. The van der Waals surface area contributed by atoms with Crippen LogP contribution in [0.2, 0.25) is 0 Å². The molecule has 358 valence electrons. The van der Waals surface area contributed by atoms with Crippen LogP contribution in [-0.2, 0) is 20.9 Å². The average Bonchev–Trinajstić information content (AvgIpc) is 3.33. The second kappa shape index (κ2) is 25.9. The quantitative estimate of drug-likeness (QED) is 0.0305. The zero-order valence-electron chi connectivity index (χ0n) is 39.3. The summed E-state index contributed by atoms with van der Waals surface area (Å²) >= 11 is 0. The summed E-state index contributed by atoms with van der Waals surface area (Å²) in [6.45, 7) is 9.05. The molecule has 0 bridgehead atoms. The molecule has 0 spiro atoms. The van der Waals surface area contributed by atoms with Crippen LogP contribution in [0.25, 0.3) is 0 Å². The Hall–Kier alpha value is -4.84. The average molecular weight is 909 g/mol. The van der Waals surface area contributed by atoms with Crippen LogP contribution in [0, 0.1) is 23.6 Å². The maximum absolute atomic E-state index is 15.1. The first-order chi connectivity index (χ1) is 32.3. The van der Waals surface area contributed by atoms with Crippen molar-refractivity contribution < 1.29 is 43.2 Å². The first-order valence-electron chi connectivity index (χ1n) is 24.8. The first kappa shape index (κ1) is 50.6. The molecule has 1 heterocycles. The summed E-state index contributed by atoms with van der Waals surface area (Å²) in [7, 11) is 0. The fourth-order valence-electron chi connectivity index (χ4n) is 10.5. The monoisotopic (exact) mass is 909 g/mol. The number of halogens is 1. The zero-order valence-corrected chi connectivity index (χ0v) is 39.3. The van der Waals surface area contributed by atoms with E-state index in [-0.39, 0.29) is 62.3 Å². The van der Waals surface area contributed by atoms with Gasteiger partial charge in [-0.3, -0.25) is 9.59 Å². The van der Waals surface area contributed by atoms with E-state index in [0.717, 1.165) is 80.1 Å². The van der Waals surface area contributed by atoms with Gasteiger partial charge < -0.3 is 34.2 Å². The van der Waals surface area contributed by atoms with Gasteiger partial charge in [0.05, 0.1) is 18.2 Å². The van der Waals surface area contributed by atoms with Crippen molar-refractivity contribution in [3.63, 3.8) is 0 Å². The van der Waals surface area contributed by atoms with Gasteiger partial charge in [-0.25, -0.2) is 4.39 Å². The molecule has 11 heteroatoms. The molecule has 66 heavy (non-hydrogen) atoms. The molecule has 1 fully saturated rings. The van der Waals surface area contributed by atoms with Crippen LogP contribution >= 0.6 is 0 Å². The summed E-state index contributed by atoms with van der Waals surface area (Å²) < 4.78 is 35.4. The fraction of sp³-hybridized carbons (Fsp3) is 0.545. The minimum atomic E-state index is -1.43. The van der Waals surface area contributed by atoms with Gasteiger partial charge >= 0.3 is 0 Å². The van der Waals surface area contributed by atoms with Gasteiger partial charge in [0.1, 0.15) is 42.0 Å². The number of hydrogen-bond acceptors (Lipinski definition) is 9. The van der Waals surface area contributed by atoms with Crippen LogP contribution < -0.4 is 9.47 Å². The van der Waals surface area contributed by atoms with Gasteiger partial charge in [-0.1, -0.05) is 113 Å². The molecule has 3 aromatic carbocycles. The lowest BCUT2D eigenvalue weighted by molar-refractivity contribution is -0.258. The Kier molecular flexibility index (Phi) is 19.8. The highest BCUT2D eigenvalue weighted by molar-refractivity contribution is 6.03. The SMILES string of the molecule is C=CCO[C@@]12Oc3ccc(Oc4cccc(C=O)c4)cc3[C@H]3[C@H](CCCCO)[C@@H](CCCCO)C=C(C(=NOCC)C[C@@H]1N(Cc1ccc(F)cc1)C(=O)CCCCCCCCCCC)[C@H]32. The van der Waals surface area contributed by atoms with Crippen molar-refractivity contribution in [1.82, 2.24) is 4.90 Å². The number of aliphatic hydroxyl groups is 2. The number of carbonyl (C=O) groups is 2. The smallest absolute Gasteiger partial charge is 0.239 e. The van der Waals surface area contributed by atoms with Crippen molar-refractivity contribution in [2.45, 2.75) is 147 Å². The lowest BCUT2D eigenvalue weighted by atomic mass is 9.55. The standard InChI is InChI=1S/C55H73FN2O8/c1-4-7-8-9-10-11-12-13-14-24-52(62)58(38-40-25-27-43(56)28-26-40)51-37-49(57-64-6-3)47-35-42(21-15-17-31-59)46(23-16-18-32-60)53-48-36-45(65-44-22-19-20-41(34-44)39-61)29-30-50(48)66-55(51,54(47)53)63-33-5-2/h5,19-20,22,25-30,34-36,39,42,46,51,53-54,59-60H,2,4,6-18,21,23-24,31-33,37-38H2,1,3H3/t42-,46+,51-,53+,54+,55+/m0/s1. The van der Waals surface area contributed by atoms with Crippen molar-refractivity contribution in [3.8, 4) is 17.2 Å². The van der Waals surface area contributed by atoms with Gasteiger partial charge in [0.2, 0.25) is 11.7 Å². The lowest BCUT2D eigenvalue weighted by Gasteiger charge is -2.60. The summed E-state index contributed by atoms with van der Waals surface area (Å²) in [6, 6.07) is 18.5. The Balaban J connectivity index is 1.50. The second-order valence-corrected chi connectivity index (χ2v) is 18.2. The lowest BCUT2D eigenvalue weighted by Crippen LogP contribution is -2.70. The van der Waals surface area contributed by atoms with Gasteiger partial charge in [-0.2, -0.15) is 0 Å². The van der Waals surface area contributed by atoms with E-state index in [4.69, 9.17) is 24.2 Å². The predicted octanol–water partition coefficient (Wildman–Crippen LogP) is 12.0. The van der Waals surface area contributed by atoms with Crippen LogP contribution in [0.5, 0.6) is 17.2 Å². The Morgan fingerprint density at radius 3 is 2.30 bits per heavy atom. The maximum atomic E-state index is 15.1. The van der Waals surface area contributed by atoms with Gasteiger partial charge in [-0.05, 0) is 104 Å². The van der Waals surface area contributed by atoms with Crippen molar-refractivity contribution in [1.29, 1.82) is 0 Å². The largest absolute Gasteiger partial charge is 0.459 e. The van der Waals surface area contributed by atoms with Crippen molar-refractivity contribution >= 4 is 17.9 Å². The molecule has 1 aliphatic heterocycles. The Labute approximate surface area is 392 Å². The third-order valence-electron chi connectivity index (χ3n) is 13.6. The molecule has 2 N–H and O–H groups in total. The zero-order chi connectivity index (χ0) is 46.7. The number of nitrogens with zero attached hydrogens (tertiary/aromatic N) is 2. The minimum absolute atomic E-state index is 0.0299. The number of hydrogen-bond donors (Lipinski definition) is 2. The topological polar surface area (TPSA) is 127 Å². The number of aliphatic hydroxyl groups excluding tert-OH is 2. The molecule has 10 nitrogen and oxygen atoms in total. The number of unbranched alkanes of at least 4 members (excludes halogenated alkanes) is 10. The number of rotatable bonds is 29. The van der Waals surface area contributed by atoms with Crippen molar-refractivity contribution in [3.05, 3.63) is 114 Å². The minimum Gasteiger partial charge on any atom is -0.459 e. The number of benzene rings is 3. The molecule has 0 saturated heterocycles. The number of ether oxygens (including phenoxy) is 3. The summed E-state index contributed by atoms with van der Waals surface area (Å²) in [5.74, 6) is -0.740. The van der Waals surface area contributed by atoms with Gasteiger partial charge in [0.25, 0.3) is 0 Å². The summed E-state index contributed by atoms with van der Waals surface area (Å²) in [5, 5.41) is 24.8. The van der Waals surface area contributed by atoms with Crippen LogP contribution in [0.3, 0.4) is 0 Å². The van der Waals surface area contributed by atoms with E-state index < -0.39 is 17.7 Å². The molecule has 6 rings (SSSR count). The first-order valence-corrected chi connectivity index (χ1v) is 24.8. The maximum Gasteiger partial charge on any atom is 0.239 e. The number of allylic oxidation sites excluding steroid dienone is 1. The molecule has 0 radical (unpaired) electrons. The number of fused-ring (bicyclic) bond motifs is 2. The summed E-state index contributed by atoms with van der Waals surface area (Å²) in [6.07, 6.45) is 20.1. The highest BCUT2D eigenvalue weighted by atomic mass is 19.1. The molecular weight excluding hydrogens is 836 g/mol. The van der Waals surface area contributed by atoms with Crippen LogP contribution in [-0.4, -0.2) is 71.3 Å². The molecule has 3 aliphatic rings. The molecule has 1 amide bonds. The molecular formula is C55H73FN2O8. The van der Waals surface area contributed by atoms with Gasteiger partial charge in [0.15, 0.2) is 0 Å². The number of oxime groups is 1.